The molecule has 0 unspecified atom stereocenters. The lowest BCUT2D eigenvalue weighted by Crippen LogP contribution is -2.06. The Kier molecular flexibility index (Phi) is 5.28. The first-order chi connectivity index (χ1) is 13.4. The Morgan fingerprint density at radius 1 is 1.14 bits per heavy atom. The molecule has 0 fully saturated rings. The number of carbonyl (C=O) groups is 1. The Morgan fingerprint density at radius 3 is 2.61 bits per heavy atom. The molecule has 0 saturated carbocycles. The summed E-state index contributed by atoms with van der Waals surface area (Å²) in [7, 11) is 0. The van der Waals surface area contributed by atoms with Gasteiger partial charge in [0.1, 0.15) is 17.4 Å². The van der Waals surface area contributed by atoms with Crippen LogP contribution in [0.2, 0.25) is 0 Å². The summed E-state index contributed by atoms with van der Waals surface area (Å²) in [5, 5.41) is 29.9. The number of esters is 1. The standard InChI is InChI=1S/C22H16FNO4/c1-2-28-22(27)17(12-24)9-16-8-15(13-4-6-21(26)20(23)10-13)7-14-3-5-18(25)11-19(14)16/h3-11,25-26H,2H2,1H3. The number of nitriles is 1. The number of phenols is 2. The Morgan fingerprint density at radius 2 is 1.93 bits per heavy atom. The van der Waals surface area contributed by atoms with E-state index >= 15 is 0 Å². The van der Waals surface area contributed by atoms with E-state index in [1.807, 2.05) is 6.07 Å². The van der Waals surface area contributed by atoms with Gasteiger partial charge in [-0.2, -0.15) is 5.26 Å². The molecule has 0 heterocycles. The van der Waals surface area contributed by atoms with Crippen molar-refractivity contribution in [2.24, 2.45) is 0 Å². The van der Waals surface area contributed by atoms with E-state index in [1.54, 1.807) is 31.2 Å². The van der Waals surface area contributed by atoms with Crippen LogP contribution in [0, 0.1) is 17.1 Å². The molecular formula is C22H16FNO4. The van der Waals surface area contributed by atoms with Crippen molar-refractivity contribution in [3.63, 3.8) is 0 Å². The first kappa shape index (κ1) is 18.9. The zero-order valence-corrected chi connectivity index (χ0v) is 14.9. The highest BCUT2D eigenvalue weighted by Gasteiger charge is 2.13. The molecule has 0 aliphatic rings. The van der Waals surface area contributed by atoms with E-state index in [0.717, 1.165) is 5.39 Å². The number of nitrogens with zero attached hydrogens (tertiary/aromatic N) is 1. The lowest BCUT2D eigenvalue weighted by molar-refractivity contribution is -0.137. The summed E-state index contributed by atoms with van der Waals surface area (Å²) in [6.07, 6.45) is 1.38. The molecular weight excluding hydrogens is 361 g/mol. The van der Waals surface area contributed by atoms with Crippen molar-refractivity contribution < 1.29 is 24.1 Å². The summed E-state index contributed by atoms with van der Waals surface area (Å²) in [5.74, 6) is -1.94. The van der Waals surface area contributed by atoms with Crippen LogP contribution in [-0.2, 0) is 9.53 Å². The number of ether oxygens (including phenoxy) is 1. The van der Waals surface area contributed by atoms with Crippen LogP contribution < -0.4 is 0 Å². The molecule has 28 heavy (non-hydrogen) atoms. The summed E-state index contributed by atoms with van der Waals surface area (Å²) in [6.45, 7) is 1.77. The fourth-order valence-electron chi connectivity index (χ4n) is 2.85. The third-order valence-electron chi connectivity index (χ3n) is 4.17. The molecule has 140 valence electrons. The smallest absolute Gasteiger partial charge is 0.348 e. The highest BCUT2D eigenvalue weighted by molar-refractivity contribution is 6.02. The third-order valence-corrected chi connectivity index (χ3v) is 4.17. The number of rotatable bonds is 4. The topological polar surface area (TPSA) is 90.6 Å². The zero-order valence-electron chi connectivity index (χ0n) is 14.9. The van der Waals surface area contributed by atoms with E-state index in [9.17, 15) is 24.7 Å². The first-order valence-electron chi connectivity index (χ1n) is 8.47. The lowest BCUT2D eigenvalue weighted by atomic mass is 9.95. The molecule has 0 amide bonds. The van der Waals surface area contributed by atoms with Gasteiger partial charge in [0.15, 0.2) is 11.6 Å². The first-order valence-corrected chi connectivity index (χ1v) is 8.47. The van der Waals surface area contributed by atoms with Crippen molar-refractivity contribution in [2.45, 2.75) is 6.92 Å². The number of benzene rings is 3. The molecule has 0 aromatic heterocycles. The highest BCUT2D eigenvalue weighted by Crippen LogP contribution is 2.32. The largest absolute Gasteiger partial charge is 0.508 e. The molecule has 2 N–H and O–H groups in total. The summed E-state index contributed by atoms with van der Waals surface area (Å²) >= 11 is 0. The van der Waals surface area contributed by atoms with E-state index in [4.69, 9.17) is 4.74 Å². The van der Waals surface area contributed by atoms with Gasteiger partial charge in [0.25, 0.3) is 0 Å². The molecule has 0 aliphatic carbocycles. The average Bonchev–Trinajstić information content (AvgIpc) is 2.68. The number of carbonyl (C=O) groups excluding carboxylic acids is 1. The van der Waals surface area contributed by atoms with Gasteiger partial charge in [-0.1, -0.05) is 12.1 Å². The van der Waals surface area contributed by atoms with E-state index in [2.05, 4.69) is 0 Å². The number of fused-ring (bicyclic) bond motifs is 1. The van der Waals surface area contributed by atoms with Gasteiger partial charge in [-0.25, -0.2) is 9.18 Å². The normalized spacial score (nSPS) is 11.2. The number of halogens is 1. The van der Waals surface area contributed by atoms with E-state index in [0.29, 0.717) is 22.1 Å². The second kappa shape index (κ2) is 7.80. The molecule has 0 spiro atoms. The lowest BCUT2D eigenvalue weighted by Gasteiger charge is -2.10. The van der Waals surface area contributed by atoms with Gasteiger partial charge in [0, 0.05) is 0 Å². The Bertz CT molecular complexity index is 1150. The fourth-order valence-corrected chi connectivity index (χ4v) is 2.85. The Hall–Kier alpha value is -3.85. The van der Waals surface area contributed by atoms with Crippen molar-refractivity contribution >= 4 is 22.8 Å². The summed E-state index contributed by atoms with van der Waals surface area (Å²) in [6, 6.07) is 14.0. The van der Waals surface area contributed by atoms with Crippen LogP contribution in [0.15, 0.2) is 54.1 Å². The van der Waals surface area contributed by atoms with E-state index < -0.39 is 17.5 Å². The quantitative estimate of drug-likeness (QED) is 0.396. The van der Waals surface area contributed by atoms with Gasteiger partial charge in [0.05, 0.1) is 6.61 Å². The minimum absolute atomic E-state index is 0.0280. The monoisotopic (exact) mass is 377 g/mol. The molecule has 0 aliphatic heterocycles. The summed E-state index contributed by atoms with van der Waals surface area (Å²) in [5.41, 5.74) is 1.42. The van der Waals surface area contributed by atoms with Crippen LogP contribution in [0.1, 0.15) is 12.5 Å². The van der Waals surface area contributed by atoms with Crippen LogP contribution in [0.3, 0.4) is 0 Å². The van der Waals surface area contributed by atoms with Crippen molar-refractivity contribution in [1.29, 1.82) is 5.26 Å². The van der Waals surface area contributed by atoms with Crippen LogP contribution in [0.25, 0.3) is 28.0 Å². The van der Waals surface area contributed by atoms with Crippen molar-refractivity contribution in [2.75, 3.05) is 6.61 Å². The Labute approximate surface area is 160 Å². The maximum Gasteiger partial charge on any atom is 0.348 e. The average molecular weight is 377 g/mol. The van der Waals surface area contributed by atoms with Crippen molar-refractivity contribution in [1.82, 2.24) is 0 Å². The summed E-state index contributed by atoms with van der Waals surface area (Å²) in [4.78, 5) is 12.0. The molecule has 3 aromatic carbocycles. The number of hydrogen-bond donors (Lipinski definition) is 2. The van der Waals surface area contributed by atoms with Gasteiger partial charge in [-0.05, 0) is 76.9 Å². The molecule has 6 heteroatoms. The zero-order chi connectivity index (χ0) is 20.3. The molecule has 5 nitrogen and oxygen atoms in total. The van der Waals surface area contributed by atoms with Crippen LogP contribution >= 0.6 is 0 Å². The van der Waals surface area contributed by atoms with E-state index in [-0.39, 0.29) is 17.9 Å². The Balaban J connectivity index is 2.24. The van der Waals surface area contributed by atoms with Gasteiger partial charge in [-0.3, -0.25) is 0 Å². The highest BCUT2D eigenvalue weighted by atomic mass is 19.1. The SMILES string of the molecule is CCOC(=O)C(C#N)=Cc1cc(-c2ccc(O)c(F)c2)cc2ccc(O)cc12. The summed E-state index contributed by atoms with van der Waals surface area (Å²) < 4.78 is 18.7. The van der Waals surface area contributed by atoms with Crippen LogP contribution in [0.4, 0.5) is 4.39 Å². The van der Waals surface area contributed by atoms with Crippen molar-refractivity contribution in [3.05, 3.63) is 65.5 Å². The minimum Gasteiger partial charge on any atom is -0.508 e. The van der Waals surface area contributed by atoms with Gasteiger partial charge in [0.2, 0.25) is 0 Å². The maximum atomic E-state index is 13.8. The van der Waals surface area contributed by atoms with Gasteiger partial charge in [-0.15, -0.1) is 0 Å². The number of aromatic hydroxyl groups is 2. The van der Waals surface area contributed by atoms with Crippen molar-refractivity contribution in [3.8, 4) is 28.7 Å². The molecule has 0 saturated heterocycles. The second-order valence-corrected chi connectivity index (χ2v) is 6.03. The fraction of sp³-hybridized carbons (Fsp3) is 0.0909. The molecule has 0 bridgehead atoms. The van der Waals surface area contributed by atoms with Crippen LogP contribution in [-0.4, -0.2) is 22.8 Å². The third kappa shape index (κ3) is 3.79. The molecule has 0 radical (unpaired) electrons. The van der Waals surface area contributed by atoms with Crippen LogP contribution in [0.5, 0.6) is 11.5 Å². The second-order valence-electron chi connectivity index (χ2n) is 6.03. The number of phenolic OH excluding ortho intramolecular Hbond substituents is 2. The molecule has 3 rings (SSSR count). The molecule has 0 atom stereocenters. The molecule has 3 aromatic rings. The number of hydrogen-bond acceptors (Lipinski definition) is 5. The van der Waals surface area contributed by atoms with Gasteiger partial charge < -0.3 is 14.9 Å². The minimum atomic E-state index is -0.760. The predicted molar refractivity (Wildman–Crippen MR) is 103 cm³/mol. The van der Waals surface area contributed by atoms with Gasteiger partial charge >= 0.3 is 5.97 Å². The predicted octanol–water partition coefficient (Wildman–Crippen LogP) is 4.53. The van der Waals surface area contributed by atoms with E-state index in [1.165, 1.54) is 30.3 Å². The maximum absolute atomic E-state index is 13.8.